The number of hydrogen-bond acceptors (Lipinski definition) is 10. The van der Waals surface area contributed by atoms with Crippen LogP contribution in [0.15, 0.2) is 78.0 Å². The number of likely N-dealkylation sites (N-methyl/N-ethyl adjacent to an activating group) is 1. The van der Waals surface area contributed by atoms with Crippen LogP contribution < -0.4 is 18.9 Å². The third kappa shape index (κ3) is 6.07. The zero-order chi connectivity index (χ0) is 27.2. The number of nitrogens with one attached hydrogen (secondary N) is 1. The molecule has 0 aliphatic carbocycles. The molecule has 2 aromatic carbocycles. The minimum absolute atomic E-state index is 0.0145. The molecule has 0 spiro atoms. The Morgan fingerprint density at radius 2 is 1.67 bits per heavy atom. The second-order valence-electron chi connectivity index (χ2n) is 8.86. The lowest BCUT2D eigenvalue weighted by Crippen LogP contribution is -2.31. The Labute approximate surface area is 226 Å². The second kappa shape index (κ2) is 11.6. The summed E-state index contributed by atoms with van der Waals surface area (Å²) in [6, 6.07) is 16.8. The molecule has 12 heteroatoms. The Morgan fingerprint density at radius 1 is 0.949 bits per heavy atom. The average molecular weight is 549 g/mol. The number of nitrogens with zero attached hydrogens (tertiary/aromatic N) is 5. The summed E-state index contributed by atoms with van der Waals surface area (Å²) < 4.78 is 47.2. The van der Waals surface area contributed by atoms with E-state index in [9.17, 15) is 8.42 Å². The number of anilines is 1. The molecule has 1 atom stereocenters. The highest BCUT2D eigenvalue weighted by Gasteiger charge is 2.28. The molecule has 3 heterocycles. The van der Waals surface area contributed by atoms with Crippen LogP contribution in [0.3, 0.4) is 0 Å². The van der Waals surface area contributed by atoms with Crippen molar-refractivity contribution in [3.05, 3.63) is 73.1 Å². The summed E-state index contributed by atoms with van der Waals surface area (Å²) >= 11 is 0. The number of rotatable bonds is 10. The first-order valence-corrected chi connectivity index (χ1v) is 13.8. The van der Waals surface area contributed by atoms with Crippen LogP contribution in [0.25, 0.3) is 11.6 Å². The predicted octanol–water partition coefficient (Wildman–Crippen LogP) is 4.01. The van der Waals surface area contributed by atoms with Crippen molar-refractivity contribution in [3.63, 3.8) is 0 Å². The number of sulfonamides is 1. The van der Waals surface area contributed by atoms with Crippen molar-refractivity contribution in [2.24, 2.45) is 0 Å². The van der Waals surface area contributed by atoms with Crippen molar-refractivity contribution in [3.8, 4) is 34.8 Å². The molecule has 0 saturated carbocycles. The molecule has 0 amide bonds. The van der Waals surface area contributed by atoms with Gasteiger partial charge in [-0.1, -0.05) is 30.3 Å². The molecule has 1 unspecified atom stereocenters. The maximum Gasteiger partial charge on any atom is 0.263 e. The van der Waals surface area contributed by atoms with Gasteiger partial charge in [0.05, 0.1) is 12.0 Å². The van der Waals surface area contributed by atoms with Crippen LogP contribution in [0.1, 0.15) is 12.8 Å². The molecule has 1 fully saturated rings. The van der Waals surface area contributed by atoms with Crippen LogP contribution in [0.5, 0.6) is 23.1 Å². The van der Waals surface area contributed by atoms with Crippen molar-refractivity contribution in [2.45, 2.75) is 23.8 Å². The molecule has 5 rings (SSSR count). The molecule has 202 valence electrons. The van der Waals surface area contributed by atoms with E-state index in [4.69, 9.17) is 14.2 Å². The third-order valence-electron chi connectivity index (χ3n) is 6.25. The fourth-order valence-electron chi connectivity index (χ4n) is 4.17. The standard InChI is InChI=1S/C27H28N6O5S/c1-33-17-8-10-19(33)18-37-27-23(38-22-14-7-6-13-21(22)36-2)24(30-26(31-27)25-28-15-9-16-29-25)32-39(34,35)20-11-4-3-5-12-20/h3-7,9,11-16,19H,8,10,17-18H2,1-2H3,(H,30,31,32). The summed E-state index contributed by atoms with van der Waals surface area (Å²) in [5.74, 6) is 0.940. The van der Waals surface area contributed by atoms with E-state index in [1.807, 2.05) is 7.05 Å². The number of methoxy groups -OCH3 is 1. The van der Waals surface area contributed by atoms with Crippen LogP contribution in [0, 0.1) is 0 Å². The summed E-state index contributed by atoms with van der Waals surface area (Å²) in [5.41, 5.74) is 0. The van der Waals surface area contributed by atoms with Gasteiger partial charge < -0.3 is 19.1 Å². The normalized spacial score (nSPS) is 15.6. The van der Waals surface area contributed by atoms with E-state index in [-0.39, 0.29) is 40.0 Å². The highest BCUT2D eigenvalue weighted by molar-refractivity contribution is 7.92. The van der Waals surface area contributed by atoms with Gasteiger partial charge in [0.2, 0.25) is 11.6 Å². The maximum absolute atomic E-state index is 13.4. The van der Waals surface area contributed by atoms with Crippen LogP contribution in [0.4, 0.5) is 5.82 Å². The number of aromatic nitrogens is 4. The van der Waals surface area contributed by atoms with Crippen molar-refractivity contribution >= 4 is 15.8 Å². The molecular weight excluding hydrogens is 520 g/mol. The van der Waals surface area contributed by atoms with Crippen molar-refractivity contribution in [1.29, 1.82) is 0 Å². The van der Waals surface area contributed by atoms with Gasteiger partial charge in [0.1, 0.15) is 6.61 Å². The lowest BCUT2D eigenvalue weighted by Gasteiger charge is -2.21. The SMILES string of the molecule is COc1ccccc1Oc1c(NS(=O)(=O)c2ccccc2)nc(-c2ncccn2)nc1OCC1CCCN1C. The summed E-state index contributed by atoms with van der Waals surface area (Å²) in [4.78, 5) is 19.8. The van der Waals surface area contributed by atoms with Gasteiger partial charge in [-0.2, -0.15) is 4.98 Å². The average Bonchev–Trinajstić information content (AvgIpc) is 3.38. The Bertz CT molecular complexity index is 1520. The van der Waals surface area contributed by atoms with E-state index in [0.717, 1.165) is 19.4 Å². The molecule has 4 aromatic rings. The largest absolute Gasteiger partial charge is 0.493 e. The van der Waals surface area contributed by atoms with Gasteiger partial charge in [-0.3, -0.25) is 4.72 Å². The first-order chi connectivity index (χ1) is 18.9. The molecule has 11 nitrogen and oxygen atoms in total. The van der Waals surface area contributed by atoms with Crippen molar-refractivity contribution < 1.29 is 22.6 Å². The number of benzene rings is 2. The molecule has 39 heavy (non-hydrogen) atoms. The van der Waals surface area contributed by atoms with Crippen molar-refractivity contribution in [2.75, 3.05) is 32.0 Å². The van der Waals surface area contributed by atoms with Gasteiger partial charge in [0.25, 0.3) is 15.9 Å². The Hall–Kier alpha value is -4.29. The van der Waals surface area contributed by atoms with Gasteiger partial charge in [0, 0.05) is 18.4 Å². The summed E-state index contributed by atoms with van der Waals surface area (Å²) in [6.07, 6.45) is 5.12. The number of likely N-dealkylation sites (tertiary alicyclic amines) is 1. The number of hydrogen-bond donors (Lipinski definition) is 1. The topological polar surface area (TPSA) is 129 Å². The van der Waals surface area contributed by atoms with Crippen LogP contribution in [-0.2, 0) is 10.0 Å². The minimum Gasteiger partial charge on any atom is -0.493 e. The molecule has 1 aliphatic rings. The molecule has 1 aliphatic heterocycles. The fourth-order valence-corrected chi connectivity index (χ4v) is 5.19. The molecule has 1 N–H and O–H groups in total. The smallest absolute Gasteiger partial charge is 0.263 e. The van der Waals surface area contributed by atoms with Gasteiger partial charge in [-0.25, -0.2) is 23.4 Å². The van der Waals surface area contributed by atoms with E-state index >= 15 is 0 Å². The maximum atomic E-state index is 13.4. The van der Waals surface area contributed by atoms with E-state index in [0.29, 0.717) is 18.1 Å². The first kappa shape index (κ1) is 26.3. The molecule has 1 saturated heterocycles. The monoisotopic (exact) mass is 548 g/mol. The fraction of sp³-hybridized carbons (Fsp3) is 0.259. The molecule has 2 aromatic heterocycles. The quantitative estimate of drug-likeness (QED) is 0.310. The Kier molecular flexibility index (Phi) is 7.84. The highest BCUT2D eigenvalue weighted by Crippen LogP contribution is 2.41. The van der Waals surface area contributed by atoms with E-state index in [2.05, 4.69) is 29.6 Å². The highest BCUT2D eigenvalue weighted by atomic mass is 32.2. The number of ether oxygens (including phenoxy) is 3. The van der Waals surface area contributed by atoms with E-state index < -0.39 is 10.0 Å². The molecule has 0 bridgehead atoms. The lowest BCUT2D eigenvalue weighted by molar-refractivity contribution is 0.189. The zero-order valence-electron chi connectivity index (χ0n) is 21.5. The zero-order valence-corrected chi connectivity index (χ0v) is 22.3. The van der Waals surface area contributed by atoms with Gasteiger partial charge in [-0.15, -0.1) is 0 Å². The Balaban J connectivity index is 1.63. The second-order valence-corrected chi connectivity index (χ2v) is 10.5. The molecular formula is C27H28N6O5S. The van der Waals surface area contributed by atoms with Gasteiger partial charge >= 0.3 is 0 Å². The molecule has 0 radical (unpaired) electrons. The van der Waals surface area contributed by atoms with Crippen molar-refractivity contribution in [1.82, 2.24) is 24.8 Å². The predicted molar refractivity (Wildman–Crippen MR) is 145 cm³/mol. The summed E-state index contributed by atoms with van der Waals surface area (Å²) in [7, 11) is -0.503. The lowest BCUT2D eigenvalue weighted by atomic mass is 10.2. The van der Waals surface area contributed by atoms with Crippen LogP contribution >= 0.6 is 0 Å². The Morgan fingerprint density at radius 3 is 2.36 bits per heavy atom. The van der Waals surface area contributed by atoms with E-state index in [1.165, 1.54) is 19.2 Å². The first-order valence-electron chi connectivity index (χ1n) is 12.4. The third-order valence-corrected chi connectivity index (χ3v) is 7.60. The summed E-state index contributed by atoms with van der Waals surface area (Å²) in [6.45, 7) is 1.28. The van der Waals surface area contributed by atoms with E-state index in [1.54, 1.807) is 60.9 Å². The van der Waals surface area contributed by atoms with Crippen LogP contribution in [0.2, 0.25) is 0 Å². The number of para-hydroxylation sites is 2. The van der Waals surface area contributed by atoms with Crippen LogP contribution in [-0.4, -0.2) is 66.6 Å². The van der Waals surface area contributed by atoms with Gasteiger partial charge in [0.15, 0.2) is 23.1 Å². The minimum atomic E-state index is -4.06. The van der Waals surface area contributed by atoms with Gasteiger partial charge in [-0.05, 0) is 56.8 Å². The summed E-state index contributed by atoms with van der Waals surface area (Å²) in [5, 5.41) is 0.